The molecule has 0 saturated carbocycles. The van der Waals surface area contributed by atoms with Gasteiger partial charge in [0.15, 0.2) is 5.94 Å². The number of rotatable bonds is 6. The Hall–Kier alpha value is -2.05. The van der Waals surface area contributed by atoms with E-state index >= 15 is 0 Å². The van der Waals surface area contributed by atoms with Gasteiger partial charge in [0, 0.05) is 18.7 Å². The van der Waals surface area contributed by atoms with Crippen molar-refractivity contribution in [3.63, 3.8) is 0 Å². The molecule has 0 atom stereocenters. The molecule has 0 radical (unpaired) electrons. The highest BCUT2D eigenvalue weighted by Gasteiger charge is 2.09. The van der Waals surface area contributed by atoms with Crippen molar-refractivity contribution in [2.45, 2.75) is 0 Å². The lowest BCUT2D eigenvalue weighted by molar-refractivity contribution is 0.484. The SMILES string of the molecule is C=CCN(CC=C)C(=C=O)c1ccccc1. The van der Waals surface area contributed by atoms with E-state index in [1.807, 2.05) is 41.2 Å². The van der Waals surface area contributed by atoms with Gasteiger partial charge in [0.25, 0.3) is 0 Å². The van der Waals surface area contributed by atoms with Gasteiger partial charge in [-0.05, 0) is 0 Å². The molecule has 0 unspecified atom stereocenters. The molecule has 1 aromatic rings. The van der Waals surface area contributed by atoms with Crippen molar-refractivity contribution in [3.8, 4) is 0 Å². The highest BCUT2D eigenvalue weighted by atomic mass is 16.1. The van der Waals surface area contributed by atoms with Crippen LogP contribution in [0.1, 0.15) is 5.56 Å². The second-order valence-electron chi connectivity index (χ2n) is 3.30. The predicted molar refractivity (Wildman–Crippen MR) is 67.5 cm³/mol. The van der Waals surface area contributed by atoms with Gasteiger partial charge in [0.2, 0.25) is 0 Å². The monoisotopic (exact) mass is 213 g/mol. The Labute approximate surface area is 96.2 Å². The van der Waals surface area contributed by atoms with Crippen LogP contribution in [0.5, 0.6) is 0 Å². The van der Waals surface area contributed by atoms with Crippen LogP contribution in [-0.2, 0) is 4.79 Å². The molecule has 0 bridgehead atoms. The Bertz CT molecular complexity index is 392. The Morgan fingerprint density at radius 3 is 2.19 bits per heavy atom. The molecular weight excluding hydrogens is 198 g/mol. The molecule has 16 heavy (non-hydrogen) atoms. The summed E-state index contributed by atoms with van der Waals surface area (Å²) in [6.45, 7) is 8.55. The van der Waals surface area contributed by atoms with E-state index in [1.54, 1.807) is 12.2 Å². The van der Waals surface area contributed by atoms with E-state index in [0.717, 1.165) is 5.56 Å². The molecule has 0 spiro atoms. The molecule has 2 nitrogen and oxygen atoms in total. The molecule has 0 saturated heterocycles. The van der Waals surface area contributed by atoms with E-state index in [9.17, 15) is 4.79 Å². The van der Waals surface area contributed by atoms with Crippen molar-refractivity contribution in [1.29, 1.82) is 0 Å². The molecule has 0 amide bonds. The van der Waals surface area contributed by atoms with Gasteiger partial charge in [-0.1, -0.05) is 42.5 Å². The minimum absolute atomic E-state index is 0.542. The predicted octanol–water partition coefficient (Wildman–Crippen LogP) is 2.53. The zero-order valence-corrected chi connectivity index (χ0v) is 9.23. The quantitative estimate of drug-likeness (QED) is 0.534. The summed E-state index contributed by atoms with van der Waals surface area (Å²) in [6.07, 6.45) is 3.51. The van der Waals surface area contributed by atoms with E-state index < -0.39 is 0 Å². The van der Waals surface area contributed by atoms with Crippen molar-refractivity contribution >= 4 is 11.6 Å². The van der Waals surface area contributed by atoms with Gasteiger partial charge in [0.1, 0.15) is 5.70 Å². The molecular formula is C14H15NO. The van der Waals surface area contributed by atoms with Gasteiger partial charge < -0.3 is 4.90 Å². The summed E-state index contributed by atoms with van der Waals surface area (Å²) in [6, 6.07) is 9.48. The highest BCUT2D eigenvalue weighted by Crippen LogP contribution is 2.15. The van der Waals surface area contributed by atoms with Gasteiger partial charge in [-0.3, -0.25) is 0 Å². The molecule has 2 heteroatoms. The summed E-state index contributed by atoms with van der Waals surface area (Å²) in [5.74, 6) is 1.99. The van der Waals surface area contributed by atoms with Crippen LogP contribution in [-0.4, -0.2) is 23.9 Å². The first-order valence-corrected chi connectivity index (χ1v) is 5.10. The Balaban J connectivity index is 3.00. The molecule has 0 fully saturated rings. The first kappa shape index (κ1) is 12.0. The van der Waals surface area contributed by atoms with Crippen LogP contribution >= 0.6 is 0 Å². The first-order chi connectivity index (χ1) is 7.83. The maximum absolute atomic E-state index is 11.0. The van der Waals surface area contributed by atoms with Gasteiger partial charge in [-0.2, -0.15) is 0 Å². The van der Waals surface area contributed by atoms with Crippen LogP contribution in [0.2, 0.25) is 0 Å². The van der Waals surface area contributed by atoms with Crippen LogP contribution in [0.15, 0.2) is 55.6 Å². The third-order valence-corrected chi connectivity index (χ3v) is 2.16. The summed E-state index contributed by atoms with van der Waals surface area (Å²) in [5, 5.41) is 0. The van der Waals surface area contributed by atoms with Crippen LogP contribution < -0.4 is 0 Å². The molecule has 0 aliphatic carbocycles. The lowest BCUT2D eigenvalue weighted by atomic mass is 10.1. The fourth-order valence-corrected chi connectivity index (χ4v) is 1.47. The van der Waals surface area contributed by atoms with Crippen LogP contribution in [0.25, 0.3) is 5.70 Å². The van der Waals surface area contributed by atoms with Crippen molar-refractivity contribution in [2.75, 3.05) is 13.1 Å². The zero-order valence-electron chi connectivity index (χ0n) is 9.23. The van der Waals surface area contributed by atoms with Crippen molar-refractivity contribution in [1.82, 2.24) is 4.90 Å². The van der Waals surface area contributed by atoms with Gasteiger partial charge >= 0.3 is 0 Å². The van der Waals surface area contributed by atoms with Crippen molar-refractivity contribution in [2.24, 2.45) is 0 Å². The third kappa shape index (κ3) is 2.97. The topological polar surface area (TPSA) is 20.3 Å². The fraction of sp³-hybridized carbons (Fsp3) is 0.143. The van der Waals surface area contributed by atoms with Gasteiger partial charge in [0.05, 0.1) is 0 Å². The minimum atomic E-state index is 0.542. The van der Waals surface area contributed by atoms with E-state index in [4.69, 9.17) is 0 Å². The zero-order chi connectivity index (χ0) is 11.8. The fourth-order valence-electron chi connectivity index (χ4n) is 1.47. The standard InChI is InChI=1S/C14H15NO/c1-3-10-15(11-4-2)14(12-16)13-8-6-5-7-9-13/h3-9H,1-2,10-11H2. The minimum Gasteiger partial charge on any atom is -0.355 e. The molecule has 0 aromatic heterocycles. The molecule has 1 rings (SSSR count). The summed E-state index contributed by atoms with van der Waals surface area (Å²) in [5.41, 5.74) is 1.40. The maximum atomic E-state index is 11.0. The molecule has 0 aliphatic heterocycles. The summed E-state index contributed by atoms with van der Waals surface area (Å²) in [4.78, 5) is 12.9. The Kier molecular flexibility index (Phi) is 4.84. The van der Waals surface area contributed by atoms with Gasteiger partial charge in [-0.25, -0.2) is 4.79 Å². The lowest BCUT2D eigenvalue weighted by Crippen LogP contribution is -2.22. The van der Waals surface area contributed by atoms with Crippen LogP contribution in [0.3, 0.4) is 0 Å². The van der Waals surface area contributed by atoms with Crippen molar-refractivity contribution in [3.05, 3.63) is 61.2 Å². The van der Waals surface area contributed by atoms with E-state index in [2.05, 4.69) is 13.2 Å². The summed E-state index contributed by atoms with van der Waals surface area (Å²) >= 11 is 0. The number of hydrogen-bond acceptors (Lipinski definition) is 2. The van der Waals surface area contributed by atoms with Crippen molar-refractivity contribution < 1.29 is 4.79 Å². The second kappa shape index (κ2) is 6.44. The Morgan fingerprint density at radius 2 is 1.75 bits per heavy atom. The number of carbonyl (C=O) groups excluding carboxylic acids is 1. The highest BCUT2D eigenvalue weighted by molar-refractivity contribution is 5.86. The Morgan fingerprint density at radius 1 is 1.19 bits per heavy atom. The lowest BCUT2D eigenvalue weighted by Gasteiger charge is -2.21. The number of nitrogens with zero attached hydrogens (tertiary/aromatic N) is 1. The van der Waals surface area contributed by atoms with Gasteiger partial charge in [-0.15, -0.1) is 13.2 Å². The average molecular weight is 213 g/mol. The maximum Gasteiger partial charge on any atom is 0.151 e. The van der Waals surface area contributed by atoms with E-state index in [0.29, 0.717) is 18.8 Å². The largest absolute Gasteiger partial charge is 0.355 e. The summed E-state index contributed by atoms with van der Waals surface area (Å²) < 4.78 is 0. The van der Waals surface area contributed by atoms with E-state index in [1.165, 1.54) is 0 Å². The summed E-state index contributed by atoms with van der Waals surface area (Å²) in [7, 11) is 0. The second-order valence-corrected chi connectivity index (χ2v) is 3.30. The smallest absolute Gasteiger partial charge is 0.151 e. The molecule has 0 N–H and O–H groups in total. The van der Waals surface area contributed by atoms with Crippen LogP contribution in [0, 0.1) is 0 Å². The molecule has 82 valence electrons. The molecule has 1 aromatic carbocycles. The van der Waals surface area contributed by atoms with E-state index in [-0.39, 0.29) is 0 Å². The third-order valence-electron chi connectivity index (χ3n) is 2.16. The first-order valence-electron chi connectivity index (χ1n) is 5.10. The van der Waals surface area contributed by atoms with Crippen LogP contribution in [0.4, 0.5) is 0 Å². The molecule has 0 aliphatic rings. The molecule has 0 heterocycles. The number of benzene rings is 1. The normalized spacial score (nSPS) is 9.00. The number of hydrogen-bond donors (Lipinski definition) is 0. The average Bonchev–Trinajstić information content (AvgIpc) is 2.32.